The number of hydrogen-bond acceptors (Lipinski definition) is 2. The molecule has 0 unspecified atom stereocenters. The minimum absolute atomic E-state index is 0. The van der Waals surface area contributed by atoms with Gasteiger partial charge in [-0.25, -0.2) is 4.39 Å². The van der Waals surface area contributed by atoms with E-state index >= 15 is 0 Å². The van der Waals surface area contributed by atoms with Gasteiger partial charge in [0.2, 0.25) is 5.91 Å². The number of rotatable bonds is 4. The van der Waals surface area contributed by atoms with Gasteiger partial charge in [0.05, 0.1) is 4.47 Å². The van der Waals surface area contributed by atoms with Crippen molar-refractivity contribution in [1.29, 1.82) is 0 Å². The van der Waals surface area contributed by atoms with Gasteiger partial charge in [0, 0.05) is 12.5 Å². The van der Waals surface area contributed by atoms with E-state index in [0.717, 1.165) is 24.8 Å². The van der Waals surface area contributed by atoms with Crippen LogP contribution in [0, 0.1) is 17.7 Å². The molecule has 0 aromatic heterocycles. The maximum atomic E-state index is 13.3. The van der Waals surface area contributed by atoms with Crippen LogP contribution in [0.1, 0.15) is 24.8 Å². The number of nitrogens with two attached hydrogens (primary N) is 1. The average molecular weight is 366 g/mol. The Balaban J connectivity index is 0.00000200. The Morgan fingerprint density at radius 2 is 2.20 bits per heavy atom. The lowest BCUT2D eigenvalue weighted by Crippen LogP contribution is -2.34. The molecule has 3 N–H and O–H groups in total. The summed E-state index contributed by atoms with van der Waals surface area (Å²) in [6.45, 7) is 0.918. The lowest BCUT2D eigenvalue weighted by Gasteiger charge is -2.17. The second-order valence-electron chi connectivity index (χ2n) is 5.00. The third-order valence-electron chi connectivity index (χ3n) is 3.75. The van der Waals surface area contributed by atoms with Crippen LogP contribution in [0.25, 0.3) is 0 Å². The van der Waals surface area contributed by atoms with Gasteiger partial charge in [-0.15, -0.1) is 12.4 Å². The zero-order chi connectivity index (χ0) is 13.8. The molecule has 112 valence electrons. The molecule has 2 rings (SSSR count). The second-order valence-corrected chi connectivity index (χ2v) is 5.85. The molecule has 0 spiro atoms. The lowest BCUT2D eigenvalue weighted by molar-refractivity contribution is -0.126. The minimum atomic E-state index is -0.313. The maximum absolute atomic E-state index is 13.3. The molecule has 3 nitrogen and oxygen atoms in total. The third kappa shape index (κ3) is 4.17. The average Bonchev–Trinajstić information content (AvgIpc) is 2.88. The van der Waals surface area contributed by atoms with Crippen molar-refractivity contribution in [3.8, 4) is 0 Å². The van der Waals surface area contributed by atoms with Crippen LogP contribution in [-0.4, -0.2) is 12.5 Å². The summed E-state index contributed by atoms with van der Waals surface area (Å²) in [5.41, 5.74) is 6.43. The summed E-state index contributed by atoms with van der Waals surface area (Å²) in [6.07, 6.45) is 3.00. The molecule has 1 amide bonds. The van der Waals surface area contributed by atoms with E-state index in [-0.39, 0.29) is 30.0 Å². The standard InChI is InChI=1S/C14H18BrFN2O.ClH/c15-12-5-4-9(6-13(12)16)8-18-14(19)11-3-1-2-10(11)7-17;/h4-6,10-11H,1-3,7-8,17H2,(H,18,19);1H/t10-,11-;/m1./s1. The van der Waals surface area contributed by atoms with Gasteiger partial charge in [-0.3, -0.25) is 4.79 Å². The molecule has 0 aliphatic heterocycles. The highest BCUT2D eigenvalue weighted by Gasteiger charge is 2.31. The third-order valence-corrected chi connectivity index (χ3v) is 4.39. The summed E-state index contributed by atoms with van der Waals surface area (Å²) < 4.78 is 13.8. The first-order valence-electron chi connectivity index (χ1n) is 6.53. The van der Waals surface area contributed by atoms with E-state index in [9.17, 15) is 9.18 Å². The van der Waals surface area contributed by atoms with Crippen molar-refractivity contribution < 1.29 is 9.18 Å². The number of hydrogen-bond donors (Lipinski definition) is 2. The Morgan fingerprint density at radius 1 is 1.45 bits per heavy atom. The van der Waals surface area contributed by atoms with Crippen molar-refractivity contribution >= 4 is 34.2 Å². The molecule has 1 fully saturated rings. The zero-order valence-corrected chi connectivity index (χ0v) is 13.5. The highest BCUT2D eigenvalue weighted by atomic mass is 79.9. The molecule has 1 aliphatic carbocycles. The predicted octanol–water partition coefficient (Wildman–Crippen LogP) is 3.00. The smallest absolute Gasteiger partial charge is 0.223 e. The van der Waals surface area contributed by atoms with Crippen molar-refractivity contribution in [3.05, 3.63) is 34.1 Å². The molecule has 1 aliphatic rings. The van der Waals surface area contributed by atoms with Crippen LogP contribution >= 0.6 is 28.3 Å². The molecule has 1 aromatic carbocycles. The second kappa shape index (κ2) is 7.96. The molecular formula is C14H19BrClFN2O. The summed E-state index contributed by atoms with van der Waals surface area (Å²) in [5.74, 6) is 0.0377. The van der Waals surface area contributed by atoms with Crippen LogP contribution in [0.3, 0.4) is 0 Å². The first kappa shape index (κ1) is 17.4. The molecule has 6 heteroatoms. The predicted molar refractivity (Wildman–Crippen MR) is 83.1 cm³/mol. The van der Waals surface area contributed by atoms with E-state index in [1.54, 1.807) is 12.1 Å². The first-order valence-corrected chi connectivity index (χ1v) is 7.33. The molecule has 0 heterocycles. The van der Waals surface area contributed by atoms with Crippen LogP contribution in [-0.2, 0) is 11.3 Å². The van der Waals surface area contributed by atoms with Gasteiger partial charge in [-0.05, 0) is 58.9 Å². The first-order chi connectivity index (χ1) is 9.11. The van der Waals surface area contributed by atoms with Crippen molar-refractivity contribution in [2.45, 2.75) is 25.8 Å². The molecular weight excluding hydrogens is 347 g/mol. The van der Waals surface area contributed by atoms with Crippen LogP contribution in [0.5, 0.6) is 0 Å². The van der Waals surface area contributed by atoms with Gasteiger partial charge in [0.25, 0.3) is 0 Å². The van der Waals surface area contributed by atoms with E-state index in [4.69, 9.17) is 5.73 Å². The van der Waals surface area contributed by atoms with Crippen LogP contribution in [0.4, 0.5) is 4.39 Å². The highest BCUT2D eigenvalue weighted by molar-refractivity contribution is 9.10. The Labute approximate surface area is 133 Å². The summed E-state index contributed by atoms with van der Waals surface area (Å²) in [6, 6.07) is 4.87. The molecule has 2 atom stereocenters. The van der Waals surface area contributed by atoms with E-state index in [0.29, 0.717) is 23.5 Å². The highest BCUT2D eigenvalue weighted by Crippen LogP contribution is 2.31. The number of carbonyl (C=O) groups excluding carboxylic acids is 1. The summed E-state index contributed by atoms with van der Waals surface area (Å²) >= 11 is 3.10. The van der Waals surface area contributed by atoms with Gasteiger partial charge in [-0.2, -0.15) is 0 Å². The zero-order valence-electron chi connectivity index (χ0n) is 11.1. The molecule has 20 heavy (non-hydrogen) atoms. The summed E-state index contributed by atoms with van der Waals surface area (Å²) in [4.78, 5) is 12.1. The number of halogens is 3. The van der Waals surface area contributed by atoms with Crippen molar-refractivity contribution in [1.82, 2.24) is 5.32 Å². The Kier molecular flexibility index (Phi) is 6.92. The lowest BCUT2D eigenvalue weighted by atomic mass is 9.95. The Morgan fingerprint density at radius 3 is 2.85 bits per heavy atom. The molecule has 0 bridgehead atoms. The number of nitrogens with one attached hydrogen (secondary N) is 1. The van der Waals surface area contributed by atoms with Gasteiger partial charge in [0.1, 0.15) is 5.82 Å². The minimum Gasteiger partial charge on any atom is -0.352 e. The monoisotopic (exact) mass is 364 g/mol. The van der Waals surface area contributed by atoms with Gasteiger partial charge < -0.3 is 11.1 Å². The van der Waals surface area contributed by atoms with Crippen molar-refractivity contribution in [2.75, 3.05) is 6.54 Å². The van der Waals surface area contributed by atoms with Crippen molar-refractivity contribution in [2.24, 2.45) is 17.6 Å². The van der Waals surface area contributed by atoms with Crippen molar-refractivity contribution in [3.63, 3.8) is 0 Å². The number of amides is 1. The number of carbonyl (C=O) groups is 1. The van der Waals surface area contributed by atoms with E-state index in [1.165, 1.54) is 6.07 Å². The fourth-order valence-electron chi connectivity index (χ4n) is 2.63. The fourth-order valence-corrected chi connectivity index (χ4v) is 2.88. The van der Waals surface area contributed by atoms with E-state index in [1.807, 2.05) is 0 Å². The normalized spacial score (nSPS) is 21.4. The fraction of sp³-hybridized carbons (Fsp3) is 0.500. The van der Waals surface area contributed by atoms with Gasteiger partial charge in [0.15, 0.2) is 0 Å². The Bertz CT molecular complexity index is 472. The molecule has 1 aromatic rings. The quantitative estimate of drug-likeness (QED) is 0.862. The van der Waals surface area contributed by atoms with Gasteiger partial charge >= 0.3 is 0 Å². The molecule has 1 saturated carbocycles. The topological polar surface area (TPSA) is 55.1 Å². The molecule has 0 radical (unpaired) electrons. The largest absolute Gasteiger partial charge is 0.352 e. The summed E-state index contributed by atoms with van der Waals surface area (Å²) in [7, 11) is 0. The van der Waals surface area contributed by atoms with Crippen LogP contribution in [0.2, 0.25) is 0 Å². The number of benzene rings is 1. The maximum Gasteiger partial charge on any atom is 0.223 e. The van der Waals surface area contributed by atoms with Crippen LogP contribution < -0.4 is 11.1 Å². The van der Waals surface area contributed by atoms with Crippen LogP contribution in [0.15, 0.2) is 22.7 Å². The molecule has 0 saturated heterocycles. The van der Waals surface area contributed by atoms with Gasteiger partial charge in [-0.1, -0.05) is 12.5 Å². The van der Waals surface area contributed by atoms with E-state index in [2.05, 4.69) is 21.2 Å². The van der Waals surface area contributed by atoms with E-state index < -0.39 is 0 Å². The SMILES string of the molecule is Cl.NC[C@H]1CCC[C@H]1C(=O)NCc1ccc(Br)c(F)c1. The summed E-state index contributed by atoms with van der Waals surface area (Å²) in [5, 5.41) is 2.88. The Hall–Kier alpha value is -0.650.